The van der Waals surface area contributed by atoms with Crippen molar-refractivity contribution in [3.05, 3.63) is 66.0 Å². The molecule has 3 aromatic rings. The Morgan fingerprint density at radius 3 is 2.50 bits per heavy atom. The quantitative estimate of drug-likeness (QED) is 0.721. The lowest BCUT2D eigenvalue weighted by Gasteiger charge is -2.05. The van der Waals surface area contributed by atoms with Crippen molar-refractivity contribution in [1.82, 2.24) is 9.97 Å². The summed E-state index contributed by atoms with van der Waals surface area (Å²) in [4.78, 5) is 7.93. The fraction of sp³-hybridized carbons (Fsp3) is 0.133. The van der Waals surface area contributed by atoms with Gasteiger partial charge in [-0.15, -0.1) is 0 Å². The lowest BCUT2D eigenvalue weighted by Crippen LogP contribution is -2.55. The molecule has 0 bridgehead atoms. The number of benzene rings is 2. The van der Waals surface area contributed by atoms with Gasteiger partial charge >= 0.3 is 0 Å². The van der Waals surface area contributed by atoms with Gasteiger partial charge in [0, 0.05) is 6.42 Å². The highest BCUT2D eigenvalue weighted by Crippen LogP contribution is 2.16. The number of rotatable bonds is 3. The Bertz CT molecular complexity index is 610. The van der Waals surface area contributed by atoms with Crippen molar-refractivity contribution < 1.29 is 5.73 Å². The summed E-state index contributed by atoms with van der Waals surface area (Å²) in [5.74, 6) is 0.958. The fourth-order valence-electron chi connectivity index (χ4n) is 2.16. The Hall–Kier alpha value is -2.13. The first-order valence-electron chi connectivity index (χ1n) is 6.14. The number of nitrogens with zero attached hydrogens (tertiary/aromatic N) is 1. The minimum Gasteiger partial charge on any atom is -0.349 e. The number of fused-ring (bicyclic) bond motifs is 1. The van der Waals surface area contributed by atoms with Crippen LogP contribution in [-0.2, 0) is 6.42 Å². The third-order valence-electron chi connectivity index (χ3n) is 3.12. The number of imidazole rings is 1. The molecule has 1 aromatic heterocycles. The van der Waals surface area contributed by atoms with Crippen LogP contribution in [-0.4, -0.2) is 9.97 Å². The highest BCUT2D eigenvalue weighted by molar-refractivity contribution is 5.74. The minimum absolute atomic E-state index is 0.153. The van der Waals surface area contributed by atoms with Crippen LogP contribution in [0.5, 0.6) is 0 Å². The third-order valence-corrected chi connectivity index (χ3v) is 3.12. The fourth-order valence-corrected chi connectivity index (χ4v) is 2.16. The molecular weight excluding hydrogens is 222 g/mol. The summed E-state index contributed by atoms with van der Waals surface area (Å²) >= 11 is 0. The summed E-state index contributed by atoms with van der Waals surface area (Å²) < 4.78 is 0. The second-order valence-corrected chi connectivity index (χ2v) is 4.53. The van der Waals surface area contributed by atoms with Crippen LogP contribution in [0.15, 0.2) is 54.6 Å². The zero-order valence-corrected chi connectivity index (χ0v) is 10.1. The Morgan fingerprint density at radius 1 is 1.00 bits per heavy atom. The molecule has 0 fully saturated rings. The zero-order valence-electron chi connectivity index (χ0n) is 10.1. The van der Waals surface area contributed by atoms with Crippen LogP contribution in [0.3, 0.4) is 0 Å². The van der Waals surface area contributed by atoms with Gasteiger partial charge in [-0.3, -0.25) is 0 Å². The van der Waals surface area contributed by atoms with Gasteiger partial charge in [0.2, 0.25) is 0 Å². The van der Waals surface area contributed by atoms with Crippen LogP contribution in [0.2, 0.25) is 0 Å². The van der Waals surface area contributed by atoms with Crippen LogP contribution in [0, 0.1) is 0 Å². The van der Waals surface area contributed by atoms with Crippen molar-refractivity contribution in [1.29, 1.82) is 0 Å². The van der Waals surface area contributed by atoms with E-state index in [0.717, 1.165) is 23.3 Å². The molecule has 0 amide bonds. The van der Waals surface area contributed by atoms with Gasteiger partial charge in [0.25, 0.3) is 0 Å². The van der Waals surface area contributed by atoms with Crippen molar-refractivity contribution in [2.75, 3.05) is 0 Å². The second-order valence-electron chi connectivity index (χ2n) is 4.53. The monoisotopic (exact) mass is 238 g/mol. The summed E-state index contributed by atoms with van der Waals surface area (Å²) in [6.07, 6.45) is 0.903. The lowest BCUT2D eigenvalue weighted by atomic mass is 10.1. The molecule has 18 heavy (non-hydrogen) atoms. The van der Waals surface area contributed by atoms with E-state index in [1.165, 1.54) is 5.56 Å². The number of aromatic nitrogens is 2. The molecule has 0 spiro atoms. The predicted octanol–water partition coefficient (Wildman–Crippen LogP) is 2.09. The molecule has 0 unspecified atom stereocenters. The van der Waals surface area contributed by atoms with Crippen molar-refractivity contribution in [2.24, 2.45) is 0 Å². The molecule has 1 heterocycles. The third kappa shape index (κ3) is 2.13. The zero-order chi connectivity index (χ0) is 12.4. The molecule has 3 nitrogen and oxygen atoms in total. The number of nitrogens with one attached hydrogen (secondary N) is 1. The highest BCUT2D eigenvalue weighted by atomic mass is 15.0. The van der Waals surface area contributed by atoms with E-state index in [9.17, 15) is 0 Å². The van der Waals surface area contributed by atoms with Crippen LogP contribution in [0.4, 0.5) is 0 Å². The molecule has 0 aliphatic heterocycles. The van der Waals surface area contributed by atoms with E-state index in [1.54, 1.807) is 0 Å². The summed E-state index contributed by atoms with van der Waals surface area (Å²) in [5, 5.41) is 0. The topological polar surface area (TPSA) is 56.3 Å². The predicted molar refractivity (Wildman–Crippen MR) is 71.9 cm³/mol. The second kappa shape index (κ2) is 4.63. The van der Waals surface area contributed by atoms with Gasteiger partial charge in [-0.1, -0.05) is 42.5 Å². The van der Waals surface area contributed by atoms with Crippen LogP contribution < -0.4 is 5.73 Å². The Balaban J connectivity index is 1.86. The number of para-hydroxylation sites is 2. The van der Waals surface area contributed by atoms with E-state index >= 15 is 0 Å². The van der Waals surface area contributed by atoms with Crippen molar-refractivity contribution >= 4 is 11.0 Å². The Kier molecular flexibility index (Phi) is 2.82. The van der Waals surface area contributed by atoms with Crippen molar-refractivity contribution in [3.8, 4) is 0 Å². The first-order chi connectivity index (χ1) is 8.83. The Labute approximate surface area is 106 Å². The normalized spacial score (nSPS) is 12.7. The number of H-pyrrole nitrogens is 1. The number of quaternary nitrogens is 1. The van der Waals surface area contributed by atoms with Crippen molar-refractivity contribution in [3.63, 3.8) is 0 Å². The molecule has 90 valence electrons. The molecule has 2 aromatic carbocycles. The van der Waals surface area contributed by atoms with E-state index in [-0.39, 0.29) is 6.04 Å². The van der Waals surface area contributed by atoms with Gasteiger partial charge in [0.15, 0.2) is 5.82 Å². The molecule has 0 radical (unpaired) electrons. The summed E-state index contributed by atoms with van der Waals surface area (Å²) in [5.41, 5.74) is 7.58. The molecule has 0 aliphatic rings. The maximum Gasteiger partial charge on any atom is 0.166 e. The Morgan fingerprint density at radius 2 is 1.72 bits per heavy atom. The van der Waals surface area contributed by atoms with Crippen LogP contribution in [0.25, 0.3) is 11.0 Å². The standard InChI is InChI=1S/C15H15N3/c16-12(10-11-6-2-1-3-7-11)15-17-13-8-4-5-9-14(13)18-15/h1-9,12H,10,16H2,(H,17,18)/p+1/t12-/m1/s1. The molecule has 0 saturated heterocycles. The van der Waals surface area contributed by atoms with Gasteiger partial charge in [-0.05, 0) is 17.7 Å². The lowest BCUT2D eigenvalue weighted by molar-refractivity contribution is -0.428. The molecule has 3 rings (SSSR count). The average molecular weight is 238 g/mol. The average Bonchev–Trinajstić information content (AvgIpc) is 2.84. The van der Waals surface area contributed by atoms with Gasteiger partial charge in [-0.25, -0.2) is 4.98 Å². The van der Waals surface area contributed by atoms with Gasteiger partial charge < -0.3 is 10.7 Å². The first-order valence-corrected chi connectivity index (χ1v) is 6.14. The van der Waals surface area contributed by atoms with Crippen LogP contribution in [0.1, 0.15) is 17.4 Å². The molecule has 1 atom stereocenters. The SMILES string of the molecule is [NH3+][C@H](Cc1ccccc1)c1nc2ccccc2[nH]1. The van der Waals surface area contributed by atoms with Gasteiger partial charge in [-0.2, -0.15) is 0 Å². The maximum atomic E-state index is 4.59. The molecular formula is C15H16N3+. The smallest absolute Gasteiger partial charge is 0.166 e. The summed E-state index contributed by atoms with van der Waals surface area (Å²) in [6.45, 7) is 0. The van der Waals surface area contributed by atoms with Crippen molar-refractivity contribution in [2.45, 2.75) is 12.5 Å². The maximum absolute atomic E-state index is 4.59. The summed E-state index contributed by atoms with van der Waals surface area (Å²) in [6, 6.07) is 18.6. The number of aromatic amines is 1. The molecule has 4 N–H and O–H groups in total. The molecule has 3 heteroatoms. The van der Waals surface area contributed by atoms with E-state index in [4.69, 9.17) is 0 Å². The largest absolute Gasteiger partial charge is 0.349 e. The molecule has 0 saturated carbocycles. The highest BCUT2D eigenvalue weighted by Gasteiger charge is 2.14. The first kappa shape index (κ1) is 11.0. The minimum atomic E-state index is 0.153. The summed E-state index contributed by atoms with van der Waals surface area (Å²) in [7, 11) is 0. The molecule has 0 aliphatic carbocycles. The number of hydrogen-bond donors (Lipinski definition) is 2. The van der Waals surface area contributed by atoms with E-state index in [0.29, 0.717) is 0 Å². The van der Waals surface area contributed by atoms with E-state index < -0.39 is 0 Å². The van der Waals surface area contributed by atoms with E-state index in [2.05, 4.69) is 40.0 Å². The number of hydrogen-bond acceptors (Lipinski definition) is 1. The van der Waals surface area contributed by atoms with Crippen LogP contribution >= 0.6 is 0 Å². The van der Waals surface area contributed by atoms with Gasteiger partial charge in [0.1, 0.15) is 6.04 Å². The van der Waals surface area contributed by atoms with E-state index in [1.807, 2.05) is 30.3 Å². The van der Waals surface area contributed by atoms with Gasteiger partial charge in [0.05, 0.1) is 11.0 Å².